The maximum absolute atomic E-state index is 13.2. The summed E-state index contributed by atoms with van der Waals surface area (Å²) in [5, 5.41) is 7.27. The fraction of sp³-hybridized carbons (Fsp3) is 0.333. The molecule has 0 amide bonds. The minimum absolute atomic E-state index is 0.0513. The van der Waals surface area contributed by atoms with Crippen LogP contribution >= 0.6 is 11.3 Å². The van der Waals surface area contributed by atoms with Crippen LogP contribution in [0.25, 0.3) is 20.5 Å². The van der Waals surface area contributed by atoms with Crippen molar-refractivity contribution < 1.29 is 17.9 Å². The van der Waals surface area contributed by atoms with Crippen LogP contribution in [-0.2, 0) is 11.3 Å². The van der Waals surface area contributed by atoms with Crippen molar-refractivity contribution in [2.24, 2.45) is 0 Å². The first-order chi connectivity index (χ1) is 11.4. The molecule has 4 heterocycles. The zero-order valence-electron chi connectivity index (χ0n) is 12.5. The molecule has 1 aliphatic rings. The van der Waals surface area contributed by atoms with Gasteiger partial charge in [-0.15, -0.1) is 11.3 Å². The number of aromatic amines is 2. The number of rotatable bonds is 1. The highest BCUT2D eigenvalue weighted by atomic mass is 32.1. The van der Waals surface area contributed by atoms with Crippen molar-refractivity contribution in [2.75, 3.05) is 6.61 Å². The first-order valence-corrected chi connectivity index (χ1v) is 8.01. The standard InChI is InChI=1S/C15H12F3N3O2S/c1-6-8(3-19-21-6)11-2-7-9-4-23-5-10(15(16,17)18)12(9)20-14(22)13(7)24-11/h2-3,10H,4-5H2,1H3,(H,19,21)(H,20,22). The Morgan fingerprint density at radius 2 is 2.21 bits per heavy atom. The number of pyridine rings is 1. The Bertz CT molecular complexity index is 986. The number of H-pyrrole nitrogens is 2. The Labute approximate surface area is 137 Å². The molecule has 4 rings (SSSR count). The van der Waals surface area contributed by atoms with Gasteiger partial charge in [-0.25, -0.2) is 0 Å². The third-order valence-electron chi connectivity index (χ3n) is 4.21. The molecule has 0 bridgehead atoms. The van der Waals surface area contributed by atoms with Crippen molar-refractivity contribution in [3.63, 3.8) is 0 Å². The second-order valence-electron chi connectivity index (χ2n) is 5.72. The lowest BCUT2D eigenvalue weighted by atomic mass is 9.96. The number of nitrogens with one attached hydrogen (secondary N) is 2. The van der Waals surface area contributed by atoms with E-state index in [0.29, 0.717) is 15.6 Å². The summed E-state index contributed by atoms with van der Waals surface area (Å²) < 4.78 is 45.2. The number of nitrogens with zero attached hydrogens (tertiary/aromatic N) is 1. The van der Waals surface area contributed by atoms with Crippen LogP contribution in [0.3, 0.4) is 0 Å². The molecule has 0 radical (unpaired) electrons. The molecule has 1 atom stereocenters. The van der Waals surface area contributed by atoms with Crippen LogP contribution in [0.2, 0.25) is 0 Å². The highest BCUT2D eigenvalue weighted by Gasteiger charge is 2.45. The smallest absolute Gasteiger partial charge is 0.376 e. The monoisotopic (exact) mass is 355 g/mol. The van der Waals surface area contributed by atoms with E-state index < -0.39 is 24.3 Å². The summed E-state index contributed by atoms with van der Waals surface area (Å²) in [6, 6.07) is 1.74. The highest BCUT2D eigenvalue weighted by Crippen LogP contribution is 2.42. The minimum Gasteiger partial charge on any atom is -0.376 e. The fourth-order valence-electron chi connectivity index (χ4n) is 2.99. The second-order valence-corrected chi connectivity index (χ2v) is 6.77. The van der Waals surface area contributed by atoms with E-state index in [-0.39, 0.29) is 12.3 Å². The van der Waals surface area contributed by atoms with Gasteiger partial charge in [0, 0.05) is 32.8 Å². The molecule has 24 heavy (non-hydrogen) atoms. The lowest BCUT2D eigenvalue weighted by molar-refractivity contribution is -0.168. The Balaban J connectivity index is 1.97. The third kappa shape index (κ3) is 2.27. The molecular formula is C15H12F3N3O2S. The summed E-state index contributed by atoms with van der Waals surface area (Å²) in [4.78, 5) is 15.5. The van der Waals surface area contributed by atoms with E-state index in [4.69, 9.17) is 4.74 Å². The van der Waals surface area contributed by atoms with Gasteiger partial charge >= 0.3 is 6.18 Å². The molecule has 0 saturated heterocycles. The summed E-state index contributed by atoms with van der Waals surface area (Å²) in [6.45, 7) is 1.42. The number of aromatic nitrogens is 3. The van der Waals surface area contributed by atoms with E-state index in [1.165, 1.54) is 11.3 Å². The average molecular weight is 355 g/mol. The molecule has 1 aliphatic heterocycles. The number of hydrogen-bond acceptors (Lipinski definition) is 4. The quantitative estimate of drug-likeness (QED) is 0.702. The topological polar surface area (TPSA) is 70.8 Å². The molecular weight excluding hydrogens is 343 g/mol. The van der Waals surface area contributed by atoms with Gasteiger partial charge in [0.05, 0.1) is 19.4 Å². The van der Waals surface area contributed by atoms with Gasteiger partial charge in [0.15, 0.2) is 0 Å². The van der Waals surface area contributed by atoms with Crippen molar-refractivity contribution in [1.29, 1.82) is 0 Å². The van der Waals surface area contributed by atoms with Crippen LogP contribution in [0, 0.1) is 6.92 Å². The van der Waals surface area contributed by atoms with E-state index >= 15 is 0 Å². The maximum Gasteiger partial charge on any atom is 0.399 e. The normalized spacial score (nSPS) is 18.1. The first-order valence-electron chi connectivity index (χ1n) is 7.19. The van der Waals surface area contributed by atoms with Crippen molar-refractivity contribution >= 4 is 21.4 Å². The summed E-state index contributed by atoms with van der Waals surface area (Å²) in [5.41, 5.74) is 1.48. The SMILES string of the molecule is Cc1[nH]ncc1-c1cc2c3c([nH]c(=O)c2s1)C(C(F)(F)F)COC3. The van der Waals surface area contributed by atoms with Gasteiger partial charge in [0.2, 0.25) is 0 Å². The number of halogens is 3. The average Bonchev–Trinajstić information content (AvgIpc) is 3.12. The van der Waals surface area contributed by atoms with Crippen LogP contribution in [0.15, 0.2) is 17.1 Å². The molecule has 2 N–H and O–H groups in total. The van der Waals surface area contributed by atoms with Crippen LogP contribution in [0.4, 0.5) is 13.2 Å². The fourth-order valence-corrected chi connectivity index (χ4v) is 4.14. The zero-order chi connectivity index (χ0) is 17.1. The molecule has 9 heteroatoms. The zero-order valence-corrected chi connectivity index (χ0v) is 13.3. The molecule has 0 saturated carbocycles. The second kappa shape index (κ2) is 5.18. The van der Waals surface area contributed by atoms with E-state index in [1.807, 2.05) is 6.92 Å². The van der Waals surface area contributed by atoms with Gasteiger partial charge in [-0.2, -0.15) is 18.3 Å². The molecule has 0 aliphatic carbocycles. The van der Waals surface area contributed by atoms with Gasteiger partial charge in [0.25, 0.3) is 5.56 Å². The lowest BCUT2D eigenvalue weighted by Crippen LogP contribution is -2.32. The summed E-state index contributed by atoms with van der Waals surface area (Å²) in [7, 11) is 0. The molecule has 5 nitrogen and oxygen atoms in total. The Hall–Kier alpha value is -2.13. The molecule has 3 aromatic heterocycles. The number of hydrogen-bond donors (Lipinski definition) is 2. The maximum atomic E-state index is 13.2. The van der Waals surface area contributed by atoms with Gasteiger partial charge in [-0.1, -0.05) is 0 Å². The van der Waals surface area contributed by atoms with Crippen molar-refractivity contribution in [2.45, 2.75) is 25.6 Å². The minimum atomic E-state index is -4.47. The predicted molar refractivity (Wildman–Crippen MR) is 83.2 cm³/mol. The van der Waals surface area contributed by atoms with Crippen molar-refractivity contribution in [1.82, 2.24) is 15.2 Å². The van der Waals surface area contributed by atoms with Crippen LogP contribution < -0.4 is 5.56 Å². The number of fused-ring (bicyclic) bond motifs is 3. The van der Waals surface area contributed by atoms with Crippen molar-refractivity contribution in [3.8, 4) is 10.4 Å². The van der Waals surface area contributed by atoms with Gasteiger partial charge in [-0.3, -0.25) is 9.89 Å². The Morgan fingerprint density at radius 3 is 2.88 bits per heavy atom. The van der Waals surface area contributed by atoms with E-state index in [2.05, 4.69) is 15.2 Å². The third-order valence-corrected chi connectivity index (χ3v) is 5.37. The van der Waals surface area contributed by atoms with Crippen LogP contribution in [-0.4, -0.2) is 28.0 Å². The van der Waals surface area contributed by atoms with Crippen LogP contribution in [0.5, 0.6) is 0 Å². The number of thiophene rings is 1. The van der Waals surface area contributed by atoms with Gasteiger partial charge in [-0.05, 0) is 13.0 Å². The molecule has 0 spiro atoms. The molecule has 3 aromatic rings. The highest BCUT2D eigenvalue weighted by molar-refractivity contribution is 7.22. The van der Waals surface area contributed by atoms with E-state index in [1.54, 1.807) is 12.3 Å². The molecule has 0 aromatic carbocycles. The Morgan fingerprint density at radius 1 is 1.42 bits per heavy atom. The summed E-state index contributed by atoms with van der Waals surface area (Å²) in [5.74, 6) is -1.81. The Kier molecular flexibility index (Phi) is 3.33. The lowest BCUT2D eigenvalue weighted by Gasteiger charge is -2.27. The van der Waals surface area contributed by atoms with Crippen molar-refractivity contribution in [3.05, 3.63) is 39.6 Å². The predicted octanol–water partition coefficient (Wildman–Crippen LogP) is 3.46. The van der Waals surface area contributed by atoms with E-state index in [9.17, 15) is 18.0 Å². The molecule has 1 unspecified atom stereocenters. The van der Waals surface area contributed by atoms with E-state index in [0.717, 1.165) is 16.1 Å². The number of ether oxygens (including phenoxy) is 1. The first kappa shape index (κ1) is 15.4. The number of aryl methyl sites for hydroxylation is 1. The largest absolute Gasteiger partial charge is 0.399 e. The summed E-state index contributed by atoms with van der Waals surface area (Å²) in [6.07, 6.45) is -2.83. The number of alkyl halides is 3. The molecule has 126 valence electrons. The van der Waals surface area contributed by atoms with Gasteiger partial charge in [0.1, 0.15) is 10.6 Å². The van der Waals surface area contributed by atoms with Gasteiger partial charge < -0.3 is 9.72 Å². The van der Waals surface area contributed by atoms with Crippen LogP contribution in [0.1, 0.15) is 22.9 Å². The molecule has 0 fully saturated rings. The summed E-state index contributed by atoms with van der Waals surface area (Å²) >= 11 is 1.24.